The van der Waals surface area contributed by atoms with Gasteiger partial charge in [-0.1, -0.05) is 13.8 Å². The quantitative estimate of drug-likeness (QED) is 0.776. The Morgan fingerprint density at radius 1 is 1.40 bits per heavy atom. The summed E-state index contributed by atoms with van der Waals surface area (Å²) in [6.07, 6.45) is 3.77. The minimum atomic E-state index is 0.613. The molecule has 1 rings (SSSR count). The molecule has 0 aromatic carbocycles. The van der Waals surface area contributed by atoms with E-state index in [1.165, 1.54) is 33.5 Å². The van der Waals surface area contributed by atoms with Crippen molar-refractivity contribution in [2.24, 2.45) is 0 Å². The highest BCUT2D eigenvalue weighted by Gasteiger charge is 2.03. The van der Waals surface area contributed by atoms with E-state index in [0.29, 0.717) is 6.04 Å². The number of hydrogen-bond acceptors (Lipinski definition) is 2. The molecule has 0 saturated heterocycles. The monoisotopic (exact) mass is 289 g/mol. The summed E-state index contributed by atoms with van der Waals surface area (Å²) < 4.78 is 1.26. The maximum Gasteiger partial charge on any atom is 0.0704 e. The molecule has 1 nitrogen and oxygen atoms in total. The van der Waals surface area contributed by atoms with Crippen LogP contribution in [0.25, 0.3) is 0 Å². The molecule has 0 atom stereocenters. The van der Waals surface area contributed by atoms with Crippen LogP contribution in [0.5, 0.6) is 0 Å². The lowest BCUT2D eigenvalue weighted by Gasteiger charge is -2.07. The van der Waals surface area contributed by atoms with Gasteiger partial charge in [0, 0.05) is 10.9 Å². The zero-order valence-corrected chi connectivity index (χ0v) is 12.2. The first-order valence-corrected chi connectivity index (χ1v) is 7.18. The number of rotatable bonds is 6. The first kappa shape index (κ1) is 13.2. The molecule has 15 heavy (non-hydrogen) atoms. The molecule has 1 aromatic rings. The molecule has 0 aliphatic heterocycles. The van der Waals surface area contributed by atoms with E-state index in [1.807, 2.05) is 11.3 Å². The third-order valence-electron chi connectivity index (χ3n) is 2.42. The Labute approximate surface area is 105 Å². The SMILES string of the molecule is Cc1sc(Br)cc1CCCCNC(C)C. The molecule has 1 heterocycles. The van der Waals surface area contributed by atoms with Gasteiger partial charge in [-0.15, -0.1) is 11.3 Å². The largest absolute Gasteiger partial charge is 0.315 e. The van der Waals surface area contributed by atoms with Gasteiger partial charge in [0.15, 0.2) is 0 Å². The normalized spacial score (nSPS) is 11.3. The van der Waals surface area contributed by atoms with E-state index in [4.69, 9.17) is 0 Å². The Hall–Kier alpha value is 0.140. The third kappa shape index (κ3) is 5.14. The van der Waals surface area contributed by atoms with Gasteiger partial charge in [0.1, 0.15) is 0 Å². The van der Waals surface area contributed by atoms with Crippen molar-refractivity contribution in [1.29, 1.82) is 0 Å². The average Bonchev–Trinajstić information content (AvgIpc) is 2.44. The lowest BCUT2D eigenvalue weighted by molar-refractivity contribution is 0.557. The van der Waals surface area contributed by atoms with Crippen molar-refractivity contribution < 1.29 is 0 Å². The van der Waals surface area contributed by atoms with E-state index in [-0.39, 0.29) is 0 Å². The second kappa shape index (κ2) is 6.66. The van der Waals surface area contributed by atoms with Gasteiger partial charge in [-0.3, -0.25) is 0 Å². The van der Waals surface area contributed by atoms with Crippen molar-refractivity contribution in [1.82, 2.24) is 5.32 Å². The fourth-order valence-electron chi connectivity index (χ4n) is 1.56. The van der Waals surface area contributed by atoms with Gasteiger partial charge in [0.25, 0.3) is 0 Å². The van der Waals surface area contributed by atoms with Crippen LogP contribution >= 0.6 is 27.3 Å². The molecule has 3 heteroatoms. The van der Waals surface area contributed by atoms with Crippen molar-refractivity contribution in [2.75, 3.05) is 6.54 Å². The van der Waals surface area contributed by atoms with Gasteiger partial charge >= 0.3 is 0 Å². The maximum atomic E-state index is 3.53. The molecule has 0 aliphatic rings. The van der Waals surface area contributed by atoms with E-state index in [9.17, 15) is 0 Å². The minimum Gasteiger partial charge on any atom is -0.315 e. The van der Waals surface area contributed by atoms with Crippen molar-refractivity contribution in [3.05, 3.63) is 20.3 Å². The molecular weight excluding hydrogens is 270 g/mol. The van der Waals surface area contributed by atoms with Crippen molar-refractivity contribution in [3.63, 3.8) is 0 Å². The number of halogens is 1. The van der Waals surface area contributed by atoms with Gasteiger partial charge in [-0.2, -0.15) is 0 Å². The fourth-order valence-corrected chi connectivity index (χ4v) is 3.35. The summed E-state index contributed by atoms with van der Waals surface area (Å²) in [5.41, 5.74) is 1.51. The number of nitrogens with one attached hydrogen (secondary N) is 1. The van der Waals surface area contributed by atoms with Crippen LogP contribution in [0.4, 0.5) is 0 Å². The van der Waals surface area contributed by atoms with Crippen molar-refractivity contribution >= 4 is 27.3 Å². The zero-order chi connectivity index (χ0) is 11.3. The van der Waals surface area contributed by atoms with Gasteiger partial charge in [-0.25, -0.2) is 0 Å². The molecule has 0 spiro atoms. The molecule has 1 aromatic heterocycles. The lowest BCUT2D eigenvalue weighted by atomic mass is 10.1. The number of hydrogen-bond donors (Lipinski definition) is 1. The highest BCUT2D eigenvalue weighted by molar-refractivity contribution is 9.11. The Kier molecular flexibility index (Phi) is 5.87. The van der Waals surface area contributed by atoms with Crippen LogP contribution < -0.4 is 5.32 Å². The van der Waals surface area contributed by atoms with Crippen molar-refractivity contribution in [3.8, 4) is 0 Å². The number of aryl methyl sites for hydroxylation is 2. The van der Waals surface area contributed by atoms with Crippen LogP contribution in [0.15, 0.2) is 9.85 Å². The maximum absolute atomic E-state index is 3.53. The second-order valence-electron chi connectivity index (χ2n) is 4.20. The molecule has 0 bridgehead atoms. The molecule has 0 fully saturated rings. The minimum absolute atomic E-state index is 0.613. The standard InChI is InChI=1S/C12H20BrNS/c1-9(2)14-7-5-4-6-11-8-12(13)15-10(11)3/h8-9,14H,4-7H2,1-3H3. The summed E-state index contributed by atoms with van der Waals surface area (Å²) in [4.78, 5) is 1.46. The first-order chi connectivity index (χ1) is 7.09. The van der Waals surface area contributed by atoms with Crippen LogP contribution in [0, 0.1) is 6.92 Å². The summed E-state index contributed by atoms with van der Waals surface area (Å²) in [6.45, 7) is 7.74. The molecule has 1 N–H and O–H groups in total. The van der Waals surface area contributed by atoms with Gasteiger partial charge in [-0.05, 0) is 60.3 Å². The second-order valence-corrected chi connectivity index (χ2v) is 6.83. The summed E-state index contributed by atoms with van der Waals surface area (Å²) >= 11 is 5.37. The Morgan fingerprint density at radius 2 is 2.13 bits per heavy atom. The molecule has 86 valence electrons. The predicted molar refractivity (Wildman–Crippen MR) is 72.8 cm³/mol. The average molecular weight is 290 g/mol. The fraction of sp³-hybridized carbons (Fsp3) is 0.667. The highest BCUT2D eigenvalue weighted by Crippen LogP contribution is 2.27. The van der Waals surface area contributed by atoms with E-state index >= 15 is 0 Å². The van der Waals surface area contributed by atoms with E-state index in [1.54, 1.807) is 0 Å². The number of thiophene rings is 1. The Balaban J connectivity index is 2.17. The van der Waals surface area contributed by atoms with Gasteiger partial charge < -0.3 is 5.32 Å². The van der Waals surface area contributed by atoms with Crippen LogP contribution in [0.3, 0.4) is 0 Å². The zero-order valence-electron chi connectivity index (χ0n) is 9.77. The molecule has 0 saturated carbocycles. The lowest BCUT2D eigenvalue weighted by Crippen LogP contribution is -2.23. The molecule has 0 unspecified atom stereocenters. The number of unbranched alkanes of at least 4 members (excludes halogenated alkanes) is 1. The Morgan fingerprint density at radius 3 is 2.67 bits per heavy atom. The first-order valence-electron chi connectivity index (χ1n) is 5.58. The van der Waals surface area contributed by atoms with Crippen molar-refractivity contribution in [2.45, 2.75) is 46.1 Å². The topological polar surface area (TPSA) is 12.0 Å². The van der Waals surface area contributed by atoms with E-state index in [2.05, 4.69) is 48.1 Å². The third-order valence-corrected chi connectivity index (χ3v) is 4.01. The molecule has 0 radical (unpaired) electrons. The van der Waals surface area contributed by atoms with Crippen LogP contribution in [0.2, 0.25) is 0 Å². The van der Waals surface area contributed by atoms with Crippen LogP contribution in [0.1, 0.15) is 37.1 Å². The van der Waals surface area contributed by atoms with Gasteiger partial charge in [0.05, 0.1) is 3.79 Å². The Bertz CT molecular complexity index is 294. The molecule has 0 amide bonds. The molecular formula is C12H20BrNS. The highest BCUT2D eigenvalue weighted by atomic mass is 79.9. The summed E-state index contributed by atoms with van der Waals surface area (Å²) in [7, 11) is 0. The van der Waals surface area contributed by atoms with Crippen LogP contribution in [-0.2, 0) is 6.42 Å². The smallest absolute Gasteiger partial charge is 0.0704 e. The summed E-state index contributed by atoms with van der Waals surface area (Å²) in [5, 5.41) is 3.44. The van der Waals surface area contributed by atoms with Crippen LogP contribution in [-0.4, -0.2) is 12.6 Å². The molecule has 0 aliphatic carbocycles. The van der Waals surface area contributed by atoms with Gasteiger partial charge in [0.2, 0.25) is 0 Å². The van der Waals surface area contributed by atoms with E-state index in [0.717, 1.165) is 6.54 Å². The summed E-state index contributed by atoms with van der Waals surface area (Å²) in [5.74, 6) is 0. The van der Waals surface area contributed by atoms with E-state index < -0.39 is 0 Å². The predicted octanol–water partition coefficient (Wildman–Crippen LogP) is 4.14. The summed E-state index contributed by atoms with van der Waals surface area (Å²) in [6, 6.07) is 2.87.